The molecule has 27 heavy (non-hydrogen) atoms. The first-order chi connectivity index (χ1) is 13.0. The van der Waals surface area contributed by atoms with E-state index in [1.165, 1.54) is 6.92 Å². The Morgan fingerprint density at radius 3 is 2.96 bits per heavy atom. The van der Waals surface area contributed by atoms with Crippen LogP contribution in [0.25, 0.3) is 22.2 Å². The van der Waals surface area contributed by atoms with Crippen molar-refractivity contribution in [1.82, 2.24) is 15.0 Å². The number of fused-ring (bicyclic) bond motifs is 1. The second-order valence-corrected chi connectivity index (χ2v) is 6.99. The van der Waals surface area contributed by atoms with Gasteiger partial charge in [-0.25, -0.2) is 9.97 Å². The fourth-order valence-corrected chi connectivity index (χ4v) is 3.57. The first-order valence-corrected chi connectivity index (χ1v) is 8.94. The van der Waals surface area contributed by atoms with Crippen molar-refractivity contribution in [1.29, 1.82) is 0 Å². The number of pyridine rings is 2. The van der Waals surface area contributed by atoms with Crippen molar-refractivity contribution in [2.75, 3.05) is 25.6 Å². The van der Waals surface area contributed by atoms with Crippen molar-refractivity contribution >= 4 is 34.2 Å². The number of nitrogens with one attached hydrogen (secondary N) is 2. The Morgan fingerprint density at radius 1 is 1.41 bits per heavy atom. The van der Waals surface area contributed by atoms with Crippen LogP contribution < -0.4 is 5.32 Å². The van der Waals surface area contributed by atoms with Gasteiger partial charge in [-0.3, -0.25) is 4.79 Å². The lowest BCUT2D eigenvalue weighted by Gasteiger charge is -2.25. The number of H-pyrrole nitrogens is 1. The molecule has 1 atom stereocenters. The van der Waals surface area contributed by atoms with E-state index in [-0.39, 0.29) is 5.91 Å². The molecule has 1 unspecified atom stereocenters. The Balaban J connectivity index is 1.82. The second-order valence-electron chi connectivity index (χ2n) is 6.56. The second kappa shape index (κ2) is 6.92. The van der Waals surface area contributed by atoms with Gasteiger partial charge in [-0.1, -0.05) is 11.6 Å². The Bertz CT molecular complexity index is 1010. The molecule has 2 N–H and O–H groups in total. The summed E-state index contributed by atoms with van der Waals surface area (Å²) in [5.74, 6) is 0.307. The van der Waals surface area contributed by atoms with E-state index in [1.54, 1.807) is 13.3 Å². The van der Waals surface area contributed by atoms with Crippen molar-refractivity contribution in [3.63, 3.8) is 0 Å². The molecule has 3 aromatic rings. The molecule has 7 nitrogen and oxygen atoms in total. The van der Waals surface area contributed by atoms with E-state index >= 15 is 0 Å². The van der Waals surface area contributed by atoms with Crippen molar-refractivity contribution in [3.8, 4) is 11.3 Å². The zero-order chi connectivity index (χ0) is 19.0. The number of carbonyl (C=O) groups excluding carboxylic acids is 1. The third-order valence-electron chi connectivity index (χ3n) is 4.78. The molecule has 0 saturated carbocycles. The van der Waals surface area contributed by atoms with Crippen molar-refractivity contribution in [2.45, 2.75) is 18.9 Å². The van der Waals surface area contributed by atoms with Crippen LogP contribution in [0.4, 0.5) is 5.82 Å². The van der Waals surface area contributed by atoms with E-state index in [2.05, 4.69) is 15.3 Å². The zero-order valence-electron chi connectivity index (χ0n) is 15.0. The molecule has 4 heterocycles. The Morgan fingerprint density at radius 2 is 2.26 bits per heavy atom. The van der Waals surface area contributed by atoms with E-state index in [1.807, 2.05) is 24.4 Å². The fourth-order valence-electron chi connectivity index (χ4n) is 3.36. The number of carbonyl (C=O) groups is 1. The highest BCUT2D eigenvalue weighted by Crippen LogP contribution is 2.37. The molecule has 1 aliphatic rings. The maximum atomic E-state index is 11.3. The van der Waals surface area contributed by atoms with Gasteiger partial charge in [0.1, 0.15) is 11.4 Å². The average Bonchev–Trinajstić information content (AvgIpc) is 3.28. The highest BCUT2D eigenvalue weighted by molar-refractivity contribution is 6.31. The molecule has 0 radical (unpaired) electrons. The third-order valence-corrected chi connectivity index (χ3v) is 5.00. The van der Waals surface area contributed by atoms with Gasteiger partial charge in [0.2, 0.25) is 5.91 Å². The van der Waals surface area contributed by atoms with Gasteiger partial charge >= 0.3 is 0 Å². The van der Waals surface area contributed by atoms with Gasteiger partial charge in [0, 0.05) is 49.2 Å². The van der Waals surface area contributed by atoms with E-state index in [9.17, 15) is 4.79 Å². The maximum Gasteiger partial charge on any atom is 0.222 e. The van der Waals surface area contributed by atoms with Crippen molar-refractivity contribution in [3.05, 3.63) is 41.3 Å². The van der Waals surface area contributed by atoms with Crippen LogP contribution in [0.1, 0.15) is 19.0 Å². The molecule has 8 heteroatoms. The number of aromatic amines is 1. The summed E-state index contributed by atoms with van der Waals surface area (Å²) in [5, 5.41) is 4.17. The van der Waals surface area contributed by atoms with Crippen LogP contribution in [0, 0.1) is 0 Å². The van der Waals surface area contributed by atoms with Crippen molar-refractivity contribution < 1.29 is 14.3 Å². The highest BCUT2D eigenvalue weighted by atomic mass is 35.5. The van der Waals surface area contributed by atoms with Crippen molar-refractivity contribution in [2.24, 2.45) is 0 Å². The van der Waals surface area contributed by atoms with E-state index in [4.69, 9.17) is 26.1 Å². The Hall–Kier alpha value is -2.48. The fraction of sp³-hybridized carbons (Fsp3) is 0.316. The minimum Gasteiger partial charge on any atom is -0.378 e. The molecule has 1 fully saturated rings. The summed E-state index contributed by atoms with van der Waals surface area (Å²) >= 11 is 6.40. The van der Waals surface area contributed by atoms with Gasteiger partial charge in [0.25, 0.3) is 0 Å². The number of ether oxygens (including phenoxy) is 2. The zero-order valence-corrected chi connectivity index (χ0v) is 15.8. The molecule has 1 aliphatic heterocycles. The Labute approximate surface area is 161 Å². The summed E-state index contributed by atoms with van der Waals surface area (Å²) in [6.07, 6.45) is 4.26. The number of amides is 1. The number of rotatable bonds is 4. The summed E-state index contributed by atoms with van der Waals surface area (Å²) in [6.45, 7) is 2.51. The molecule has 1 saturated heterocycles. The first-order valence-electron chi connectivity index (χ1n) is 8.57. The summed E-state index contributed by atoms with van der Waals surface area (Å²) < 4.78 is 11.3. The molecule has 140 valence electrons. The third kappa shape index (κ3) is 3.29. The minimum atomic E-state index is -0.589. The van der Waals surface area contributed by atoms with E-state index in [0.29, 0.717) is 29.7 Å². The van der Waals surface area contributed by atoms with Gasteiger partial charge in [-0.2, -0.15) is 0 Å². The van der Waals surface area contributed by atoms with Crippen LogP contribution in [0.3, 0.4) is 0 Å². The summed E-state index contributed by atoms with van der Waals surface area (Å²) in [5.41, 5.74) is 2.58. The molecule has 4 rings (SSSR count). The predicted octanol–water partition coefficient (Wildman–Crippen LogP) is 3.50. The summed E-state index contributed by atoms with van der Waals surface area (Å²) in [6, 6.07) is 5.45. The number of hydrogen-bond acceptors (Lipinski definition) is 5. The largest absolute Gasteiger partial charge is 0.378 e. The SMILES string of the molecule is COC1(c2cc(Cl)cc(-c3c[nH]c4cnc(NC(C)=O)cc34)n2)CCOC1. The molecule has 0 spiro atoms. The number of hydrogen-bond donors (Lipinski definition) is 2. The summed E-state index contributed by atoms with van der Waals surface area (Å²) in [7, 11) is 1.66. The van der Waals surface area contributed by atoms with Crippen LogP contribution in [0.5, 0.6) is 0 Å². The predicted molar refractivity (Wildman–Crippen MR) is 103 cm³/mol. The molecule has 1 amide bonds. The number of aromatic nitrogens is 3. The average molecular weight is 387 g/mol. The van der Waals surface area contributed by atoms with Gasteiger partial charge in [0.15, 0.2) is 0 Å². The Kier molecular flexibility index (Phi) is 4.59. The topological polar surface area (TPSA) is 89.1 Å². The number of anilines is 1. The lowest BCUT2D eigenvalue weighted by molar-refractivity contribution is -0.114. The quantitative estimate of drug-likeness (QED) is 0.716. The molecule has 0 aliphatic carbocycles. The minimum absolute atomic E-state index is 0.176. The lowest BCUT2D eigenvalue weighted by atomic mass is 9.97. The maximum absolute atomic E-state index is 11.3. The van der Waals surface area contributed by atoms with Crippen LogP contribution in [-0.2, 0) is 19.9 Å². The number of halogens is 1. The smallest absolute Gasteiger partial charge is 0.222 e. The monoisotopic (exact) mass is 386 g/mol. The van der Waals surface area contributed by atoms with Crippen LogP contribution in [0.2, 0.25) is 5.02 Å². The van der Waals surface area contributed by atoms with E-state index in [0.717, 1.165) is 28.6 Å². The van der Waals surface area contributed by atoms with Gasteiger partial charge < -0.3 is 19.8 Å². The molecule has 0 aromatic carbocycles. The molecular formula is C19H19ClN4O3. The molecule has 3 aromatic heterocycles. The van der Waals surface area contributed by atoms with Crippen LogP contribution in [0.15, 0.2) is 30.6 Å². The number of nitrogens with zero attached hydrogens (tertiary/aromatic N) is 2. The highest BCUT2D eigenvalue weighted by Gasteiger charge is 2.38. The van der Waals surface area contributed by atoms with Gasteiger partial charge in [0.05, 0.1) is 29.7 Å². The van der Waals surface area contributed by atoms with Gasteiger partial charge in [-0.15, -0.1) is 0 Å². The standard InChI is InChI=1S/C19H19ClN4O3/c1-11(25)23-18-7-13-14(8-21-16(13)9-22-18)15-5-12(20)6-17(24-15)19(26-2)3-4-27-10-19/h5-9,21H,3-4,10H2,1-2H3,(H,22,23,25). The molecule has 0 bridgehead atoms. The van der Waals surface area contributed by atoms with Crippen LogP contribution in [-0.4, -0.2) is 41.2 Å². The van der Waals surface area contributed by atoms with Gasteiger partial charge in [-0.05, 0) is 18.2 Å². The normalized spacial score (nSPS) is 19.5. The molecular weight excluding hydrogens is 368 g/mol. The summed E-state index contributed by atoms with van der Waals surface area (Å²) in [4.78, 5) is 23.6. The first kappa shape index (κ1) is 17.9. The lowest BCUT2D eigenvalue weighted by Crippen LogP contribution is -2.30. The number of methoxy groups -OCH3 is 1. The van der Waals surface area contributed by atoms with Crippen LogP contribution >= 0.6 is 11.6 Å². The van der Waals surface area contributed by atoms with E-state index < -0.39 is 5.60 Å².